The van der Waals surface area contributed by atoms with Gasteiger partial charge in [-0.3, -0.25) is 9.59 Å². The van der Waals surface area contributed by atoms with Crippen molar-refractivity contribution in [3.05, 3.63) is 21.4 Å². The Balaban J connectivity index is 2.76. The third-order valence-electron chi connectivity index (χ3n) is 3.43. The van der Waals surface area contributed by atoms with Gasteiger partial charge >= 0.3 is 0 Å². The topological polar surface area (TPSA) is 95.4 Å². The molecule has 6 heteroatoms. The first-order valence-corrected chi connectivity index (χ1v) is 6.87. The molecule has 2 amide bonds. The number of amides is 2. The molecule has 0 saturated heterocycles. The van der Waals surface area contributed by atoms with Gasteiger partial charge in [0.2, 0.25) is 11.8 Å². The molecule has 1 aromatic rings. The third-order valence-corrected chi connectivity index (χ3v) is 4.73. The number of fused-ring (bicyclic) bond motifs is 1. The Labute approximate surface area is 115 Å². The highest BCUT2D eigenvalue weighted by molar-refractivity contribution is 7.10. The van der Waals surface area contributed by atoms with Crippen LogP contribution in [0.2, 0.25) is 0 Å². The number of rotatable bonds is 2. The second-order valence-corrected chi connectivity index (χ2v) is 6.69. The van der Waals surface area contributed by atoms with Crippen LogP contribution in [0, 0.1) is 0 Å². The van der Waals surface area contributed by atoms with Gasteiger partial charge in [0.1, 0.15) is 0 Å². The van der Waals surface area contributed by atoms with Gasteiger partial charge in [-0.2, -0.15) is 0 Å². The summed E-state index contributed by atoms with van der Waals surface area (Å²) in [6, 6.07) is 0. The highest BCUT2D eigenvalue weighted by Crippen LogP contribution is 2.50. The van der Waals surface area contributed by atoms with Crippen LogP contribution in [0.3, 0.4) is 0 Å². The van der Waals surface area contributed by atoms with Gasteiger partial charge in [0.25, 0.3) is 0 Å². The van der Waals surface area contributed by atoms with Crippen LogP contribution in [0.25, 0.3) is 0 Å². The number of hydrogen-bond acceptors (Lipinski definition) is 4. The molecule has 0 aromatic carbocycles. The fourth-order valence-corrected chi connectivity index (χ4v) is 4.07. The highest BCUT2D eigenvalue weighted by Gasteiger charge is 2.50. The van der Waals surface area contributed by atoms with Crippen LogP contribution in [-0.2, 0) is 15.1 Å². The quantitative estimate of drug-likeness (QED) is 0.859. The minimum absolute atomic E-state index is 0.369. The Bertz CT molecular complexity index is 560. The summed E-state index contributed by atoms with van der Waals surface area (Å²) in [5, 5.41) is 1.68. The van der Waals surface area contributed by atoms with Crippen LogP contribution in [0.4, 0.5) is 0 Å². The smallest absolute Gasteiger partial charge is 0.249 e. The molecular formula is C13H18N2O3S. The molecule has 0 radical (unpaired) electrons. The van der Waals surface area contributed by atoms with E-state index < -0.39 is 28.9 Å². The standard InChI is InChI=1S/C13H18N2O3S/c1-12(2)8(11(15)17)7-6(10(14)16)5-19-9(7)13(3,4)18-12/h5,8H,1-4H3,(H2,14,16)(H2,15,17). The minimum atomic E-state index is -0.784. The van der Waals surface area contributed by atoms with E-state index in [2.05, 4.69) is 0 Å². The zero-order valence-electron chi connectivity index (χ0n) is 11.4. The summed E-state index contributed by atoms with van der Waals surface area (Å²) < 4.78 is 6.01. The first-order valence-electron chi connectivity index (χ1n) is 5.99. The summed E-state index contributed by atoms with van der Waals surface area (Å²) in [6.07, 6.45) is 0. The summed E-state index contributed by atoms with van der Waals surface area (Å²) in [5.74, 6) is -1.73. The van der Waals surface area contributed by atoms with E-state index in [1.54, 1.807) is 19.2 Å². The summed E-state index contributed by atoms with van der Waals surface area (Å²) in [6.45, 7) is 7.42. The number of carbonyl (C=O) groups excluding carboxylic acids is 2. The number of thiophene rings is 1. The van der Waals surface area contributed by atoms with Crippen molar-refractivity contribution in [2.75, 3.05) is 0 Å². The van der Waals surface area contributed by atoms with E-state index in [9.17, 15) is 9.59 Å². The monoisotopic (exact) mass is 282 g/mol. The SMILES string of the molecule is CC1(C)OC(C)(C)C(C(N)=O)c2c(C(N)=O)csc21. The second kappa shape index (κ2) is 4.05. The molecule has 1 atom stereocenters. The Morgan fingerprint density at radius 1 is 1.26 bits per heavy atom. The van der Waals surface area contributed by atoms with Crippen molar-refractivity contribution >= 4 is 23.2 Å². The lowest BCUT2D eigenvalue weighted by molar-refractivity contribution is -0.160. The first kappa shape index (κ1) is 14.0. The molecule has 19 heavy (non-hydrogen) atoms. The zero-order valence-corrected chi connectivity index (χ0v) is 12.3. The number of carbonyl (C=O) groups is 2. The van der Waals surface area contributed by atoms with Gasteiger partial charge in [0.05, 0.1) is 22.7 Å². The average Bonchev–Trinajstić information content (AvgIpc) is 2.58. The molecule has 2 rings (SSSR count). The van der Waals surface area contributed by atoms with Gasteiger partial charge in [0.15, 0.2) is 0 Å². The van der Waals surface area contributed by atoms with Crippen LogP contribution >= 0.6 is 11.3 Å². The number of primary amides is 2. The van der Waals surface area contributed by atoms with Crippen molar-refractivity contribution in [1.82, 2.24) is 0 Å². The predicted octanol–water partition coefficient (Wildman–Crippen LogP) is 1.46. The lowest BCUT2D eigenvalue weighted by Crippen LogP contribution is -2.50. The molecule has 0 aliphatic carbocycles. The molecule has 2 heterocycles. The molecule has 1 aliphatic rings. The average molecular weight is 282 g/mol. The van der Waals surface area contributed by atoms with Crippen molar-refractivity contribution in [1.29, 1.82) is 0 Å². The summed E-state index contributed by atoms with van der Waals surface area (Å²) >= 11 is 1.38. The van der Waals surface area contributed by atoms with Crippen LogP contribution in [0.5, 0.6) is 0 Å². The van der Waals surface area contributed by atoms with Gasteiger partial charge in [-0.15, -0.1) is 11.3 Å². The molecule has 1 unspecified atom stereocenters. The Morgan fingerprint density at radius 2 is 1.84 bits per heavy atom. The van der Waals surface area contributed by atoms with Crippen LogP contribution < -0.4 is 11.5 Å². The van der Waals surface area contributed by atoms with Crippen molar-refractivity contribution in [2.45, 2.75) is 44.8 Å². The van der Waals surface area contributed by atoms with E-state index >= 15 is 0 Å². The second-order valence-electron chi connectivity index (χ2n) is 5.81. The zero-order chi connectivity index (χ0) is 14.6. The maximum atomic E-state index is 11.8. The van der Waals surface area contributed by atoms with Gasteiger partial charge in [-0.25, -0.2) is 0 Å². The van der Waals surface area contributed by atoms with E-state index in [4.69, 9.17) is 16.2 Å². The largest absolute Gasteiger partial charge is 0.369 e. The maximum Gasteiger partial charge on any atom is 0.249 e. The van der Waals surface area contributed by atoms with Gasteiger partial charge < -0.3 is 16.2 Å². The van der Waals surface area contributed by atoms with Crippen molar-refractivity contribution < 1.29 is 14.3 Å². The molecule has 104 valence electrons. The molecule has 5 nitrogen and oxygen atoms in total. The normalized spacial score (nSPS) is 23.7. The number of nitrogens with two attached hydrogens (primary N) is 2. The molecule has 0 spiro atoms. The molecule has 0 saturated carbocycles. The van der Waals surface area contributed by atoms with Gasteiger partial charge in [-0.05, 0) is 33.3 Å². The Morgan fingerprint density at radius 3 is 2.32 bits per heavy atom. The van der Waals surface area contributed by atoms with E-state index in [1.165, 1.54) is 11.3 Å². The molecule has 1 aliphatic heterocycles. The van der Waals surface area contributed by atoms with E-state index in [0.717, 1.165) is 4.88 Å². The summed E-state index contributed by atoms with van der Waals surface area (Å²) in [7, 11) is 0. The fraction of sp³-hybridized carbons (Fsp3) is 0.538. The van der Waals surface area contributed by atoms with Crippen molar-refractivity contribution in [3.63, 3.8) is 0 Å². The van der Waals surface area contributed by atoms with Gasteiger partial charge in [-0.1, -0.05) is 0 Å². The maximum absolute atomic E-state index is 11.8. The predicted molar refractivity (Wildman–Crippen MR) is 73.0 cm³/mol. The number of hydrogen-bond donors (Lipinski definition) is 2. The molecule has 0 fully saturated rings. The molecule has 0 bridgehead atoms. The summed E-state index contributed by atoms with van der Waals surface area (Å²) in [4.78, 5) is 24.2. The Hall–Kier alpha value is -1.40. The minimum Gasteiger partial charge on any atom is -0.369 e. The highest BCUT2D eigenvalue weighted by atomic mass is 32.1. The number of ether oxygens (including phenoxy) is 1. The lowest BCUT2D eigenvalue weighted by atomic mass is 9.76. The van der Waals surface area contributed by atoms with E-state index in [1.807, 2.05) is 13.8 Å². The van der Waals surface area contributed by atoms with E-state index in [0.29, 0.717) is 11.1 Å². The fourth-order valence-electron chi connectivity index (χ4n) is 2.91. The third kappa shape index (κ3) is 2.04. The van der Waals surface area contributed by atoms with Crippen LogP contribution in [-0.4, -0.2) is 17.4 Å². The summed E-state index contributed by atoms with van der Waals surface area (Å²) in [5.41, 5.74) is 10.5. The van der Waals surface area contributed by atoms with Crippen LogP contribution in [0.15, 0.2) is 5.38 Å². The molecule has 1 aromatic heterocycles. The van der Waals surface area contributed by atoms with Crippen molar-refractivity contribution in [3.8, 4) is 0 Å². The Kier molecular flexibility index (Phi) is 2.98. The first-order chi connectivity index (χ1) is 8.58. The van der Waals surface area contributed by atoms with Crippen LogP contribution in [0.1, 0.15) is 54.4 Å². The van der Waals surface area contributed by atoms with Gasteiger partial charge in [0, 0.05) is 10.3 Å². The molecule has 4 N–H and O–H groups in total. The van der Waals surface area contributed by atoms with E-state index in [-0.39, 0.29) is 0 Å². The lowest BCUT2D eigenvalue weighted by Gasteiger charge is -2.45. The molecular weight excluding hydrogens is 264 g/mol. The van der Waals surface area contributed by atoms with Crippen molar-refractivity contribution in [2.24, 2.45) is 11.5 Å².